The number of aryl methyl sites for hydroxylation is 1. The van der Waals surface area contributed by atoms with Gasteiger partial charge in [-0.15, -0.1) is 0 Å². The van der Waals surface area contributed by atoms with E-state index in [1.54, 1.807) is 30.3 Å². The molecule has 1 saturated heterocycles. The lowest BCUT2D eigenvalue weighted by Crippen LogP contribution is -2.51. The number of piperidine rings is 1. The maximum absolute atomic E-state index is 13.0. The maximum atomic E-state index is 13.0. The smallest absolute Gasteiger partial charge is 0.243 e. The summed E-state index contributed by atoms with van der Waals surface area (Å²) in [6.45, 7) is 2.42. The summed E-state index contributed by atoms with van der Waals surface area (Å²) in [6.07, 6.45) is 2.08. The summed E-state index contributed by atoms with van der Waals surface area (Å²) in [5.41, 5.74) is 0. The van der Waals surface area contributed by atoms with Crippen molar-refractivity contribution in [3.05, 3.63) is 52.4 Å². The minimum atomic E-state index is -3.72. The first-order valence-electron chi connectivity index (χ1n) is 8.48. The zero-order chi connectivity index (χ0) is 18.7. The lowest BCUT2D eigenvalue weighted by Gasteiger charge is -2.33. The van der Waals surface area contributed by atoms with E-state index in [0.29, 0.717) is 18.7 Å². The molecule has 6 nitrogen and oxygen atoms in total. The molecule has 0 spiro atoms. The molecule has 26 heavy (non-hydrogen) atoms. The van der Waals surface area contributed by atoms with E-state index < -0.39 is 16.1 Å². The van der Waals surface area contributed by atoms with Gasteiger partial charge in [0.1, 0.15) is 17.6 Å². The van der Waals surface area contributed by atoms with Crippen molar-refractivity contribution in [2.24, 2.45) is 0 Å². The number of benzene rings is 1. The van der Waals surface area contributed by atoms with Crippen molar-refractivity contribution in [2.45, 2.75) is 43.7 Å². The van der Waals surface area contributed by atoms with Crippen molar-refractivity contribution in [1.29, 1.82) is 0 Å². The number of nitrogens with zero attached hydrogens (tertiary/aromatic N) is 1. The van der Waals surface area contributed by atoms with Gasteiger partial charge in [-0.1, -0.05) is 22.4 Å². The number of carbonyl (C=O) groups excluding carboxylic acids is 1. The lowest BCUT2D eigenvalue weighted by atomic mass is 10.0. The monoisotopic (exact) mass is 440 g/mol. The summed E-state index contributed by atoms with van der Waals surface area (Å²) in [5, 5.41) is 2.80. The van der Waals surface area contributed by atoms with Crippen molar-refractivity contribution in [2.75, 3.05) is 6.54 Å². The second-order valence-corrected chi connectivity index (χ2v) is 9.12. The summed E-state index contributed by atoms with van der Waals surface area (Å²) < 4.78 is 33.6. The van der Waals surface area contributed by atoms with E-state index >= 15 is 0 Å². The Bertz CT molecular complexity index is 877. The van der Waals surface area contributed by atoms with Crippen LogP contribution < -0.4 is 5.32 Å². The van der Waals surface area contributed by atoms with E-state index in [2.05, 4.69) is 21.2 Å². The molecule has 140 valence electrons. The van der Waals surface area contributed by atoms with Crippen LogP contribution in [0.4, 0.5) is 0 Å². The number of halogens is 1. The van der Waals surface area contributed by atoms with E-state index in [4.69, 9.17) is 4.42 Å². The van der Waals surface area contributed by atoms with Gasteiger partial charge >= 0.3 is 0 Å². The molecule has 3 rings (SSSR count). The van der Waals surface area contributed by atoms with Crippen LogP contribution in [0.3, 0.4) is 0 Å². The fourth-order valence-corrected chi connectivity index (χ4v) is 4.99. The molecule has 0 aliphatic carbocycles. The predicted octanol–water partition coefficient (Wildman–Crippen LogP) is 3.21. The van der Waals surface area contributed by atoms with Gasteiger partial charge in [-0.3, -0.25) is 4.79 Å². The molecule has 1 aromatic heterocycles. The quantitative estimate of drug-likeness (QED) is 0.773. The molecule has 0 bridgehead atoms. The minimum absolute atomic E-state index is 0.196. The summed E-state index contributed by atoms with van der Waals surface area (Å²) in [7, 11) is -3.72. The summed E-state index contributed by atoms with van der Waals surface area (Å²) in [4.78, 5) is 12.9. The van der Waals surface area contributed by atoms with Gasteiger partial charge in [0.05, 0.1) is 11.4 Å². The molecule has 0 saturated carbocycles. The van der Waals surface area contributed by atoms with Gasteiger partial charge in [0.15, 0.2) is 0 Å². The summed E-state index contributed by atoms with van der Waals surface area (Å²) in [6, 6.07) is 9.40. The molecule has 2 aromatic rings. The van der Waals surface area contributed by atoms with Crippen molar-refractivity contribution in [3.8, 4) is 0 Å². The van der Waals surface area contributed by atoms with Crippen molar-refractivity contribution in [1.82, 2.24) is 9.62 Å². The Balaban J connectivity index is 1.76. The highest BCUT2D eigenvalue weighted by Crippen LogP contribution is 2.26. The Labute approximate surface area is 161 Å². The first kappa shape index (κ1) is 19.1. The normalized spacial score (nSPS) is 18.6. The number of furan rings is 1. The van der Waals surface area contributed by atoms with E-state index in [0.717, 1.165) is 23.1 Å². The van der Waals surface area contributed by atoms with E-state index in [9.17, 15) is 13.2 Å². The standard InChI is InChI=1S/C18H21BrN2O4S/c1-13-5-8-15(25-13)12-20-18(22)17-4-2-3-11-21(17)26(23,24)16-9-6-14(19)7-10-16/h5-10,17H,2-4,11-12H2,1H3,(H,20,22)/t17-/m0/s1. The highest BCUT2D eigenvalue weighted by atomic mass is 79.9. The van der Waals surface area contributed by atoms with E-state index in [1.807, 2.05) is 13.0 Å². The molecular formula is C18H21BrN2O4S. The number of sulfonamides is 1. The third kappa shape index (κ3) is 4.19. The number of rotatable bonds is 5. The van der Waals surface area contributed by atoms with Crippen molar-refractivity contribution in [3.63, 3.8) is 0 Å². The van der Waals surface area contributed by atoms with Crippen LogP contribution in [0.15, 0.2) is 50.2 Å². The number of hydrogen-bond donors (Lipinski definition) is 1. The van der Waals surface area contributed by atoms with Crippen LogP contribution in [0.25, 0.3) is 0 Å². The third-order valence-electron chi connectivity index (χ3n) is 4.41. The van der Waals surface area contributed by atoms with Gasteiger partial charge in [0.2, 0.25) is 15.9 Å². The molecule has 0 radical (unpaired) electrons. The molecule has 1 atom stereocenters. The second kappa shape index (κ2) is 7.94. The molecule has 8 heteroatoms. The zero-order valence-electron chi connectivity index (χ0n) is 14.4. The fraction of sp³-hybridized carbons (Fsp3) is 0.389. The molecule has 1 N–H and O–H groups in total. The topological polar surface area (TPSA) is 79.6 Å². The van der Waals surface area contributed by atoms with Crippen molar-refractivity contribution >= 4 is 31.9 Å². The largest absolute Gasteiger partial charge is 0.465 e. The Hall–Kier alpha value is -1.64. The Morgan fingerprint density at radius 3 is 2.62 bits per heavy atom. The highest BCUT2D eigenvalue weighted by Gasteiger charge is 2.37. The third-order valence-corrected chi connectivity index (χ3v) is 6.86. The molecule has 1 aliphatic rings. The maximum Gasteiger partial charge on any atom is 0.243 e. The zero-order valence-corrected chi connectivity index (χ0v) is 16.8. The first-order chi connectivity index (χ1) is 12.4. The van der Waals surface area contributed by atoms with Gasteiger partial charge in [-0.25, -0.2) is 8.42 Å². The van der Waals surface area contributed by atoms with E-state index in [1.165, 1.54) is 4.31 Å². The van der Waals surface area contributed by atoms with Crippen LogP contribution in [0.1, 0.15) is 30.8 Å². The molecule has 1 aromatic carbocycles. The van der Waals surface area contributed by atoms with Crippen LogP contribution >= 0.6 is 15.9 Å². The van der Waals surface area contributed by atoms with Crippen LogP contribution in [-0.2, 0) is 21.4 Å². The Morgan fingerprint density at radius 1 is 1.23 bits per heavy atom. The average molecular weight is 441 g/mol. The number of carbonyl (C=O) groups is 1. The van der Waals surface area contributed by atoms with E-state index in [-0.39, 0.29) is 17.3 Å². The number of hydrogen-bond acceptors (Lipinski definition) is 4. The van der Waals surface area contributed by atoms with Gasteiger partial charge in [-0.2, -0.15) is 4.31 Å². The first-order valence-corrected chi connectivity index (χ1v) is 10.7. The molecule has 1 aliphatic heterocycles. The molecular weight excluding hydrogens is 420 g/mol. The lowest BCUT2D eigenvalue weighted by molar-refractivity contribution is -0.125. The Morgan fingerprint density at radius 2 is 1.96 bits per heavy atom. The van der Waals surface area contributed by atoms with Crippen molar-refractivity contribution < 1.29 is 17.6 Å². The van der Waals surface area contributed by atoms with Gasteiger partial charge in [0, 0.05) is 11.0 Å². The minimum Gasteiger partial charge on any atom is -0.465 e. The fourth-order valence-electron chi connectivity index (χ4n) is 3.07. The highest BCUT2D eigenvalue weighted by molar-refractivity contribution is 9.10. The number of amides is 1. The predicted molar refractivity (Wildman–Crippen MR) is 101 cm³/mol. The molecule has 2 heterocycles. The van der Waals surface area contributed by atoms with Crippen LogP contribution in [0.5, 0.6) is 0 Å². The molecule has 0 unspecified atom stereocenters. The van der Waals surface area contributed by atoms with Gasteiger partial charge in [-0.05, 0) is 56.2 Å². The van der Waals surface area contributed by atoms with Gasteiger partial charge < -0.3 is 9.73 Å². The molecule has 1 amide bonds. The SMILES string of the molecule is Cc1ccc(CNC(=O)[C@@H]2CCCCN2S(=O)(=O)c2ccc(Br)cc2)o1. The van der Waals surface area contributed by atoms with Gasteiger partial charge in [0.25, 0.3) is 0 Å². The Kier molecular flexibility index (Phi) is 5.84. The summed E-state index contributed by atoms with van der Waals surface area (Å²) in [5.74, 6) is 1.12. The van der Waals surface area contributed by atoms with Crippen LogP contribution in [-0.4, -0.2) is 31.2 Å². The second-order valence-electron chi connectivity index (χ2n) is 6.31. The summed E-state index contributed by atoms with van der Waals surface area (Å²) >= 11 is 3.31. The van der Waals surface area contributed by atoms with Crippen LogP contribution in [0.2, 0.25) is 0 Å². The molecule has 1 fully saturated rings. The average Bonchev–Trinajstić information content (AvgIpc) is 3.05. The van der Waals surface area contributed by atoms with Crippen LogP contribution in [0, 0.1) is 6.92 Å². The number of nitrogens with one attached hydrogen (secondary N) is 1.